The zero-order valence-electron chi connectivity index (χ0n) is 20.2. The highest BCUT2D eigenvalue weighted by Crippen LogP contribution is 2.66. The van der Waals surface area contributed by atoms with Gasteiger partial charge in [-0.25, -0.2) is 4.39 Å². The summed E-state index contributed by atoms with van der Waals surface area (Å²) in [5, 5.41) is 10.7. The standard InChI is InChI=1S/C29H30FNO5/c30-20-4-2-1-3-18(20)8-10-24(34)36-29-12-11-22(33)27-28(29)13-14-31(16-17-5-6-17)23(29)15-19-7-9-21(32)26(35-27)25(19)28/h1-4,7,9,17,23,27,32H,5-6,8,10-16H2/t23?,27-,28-,29+/m0/s1. The van der Waals surface area contributed by atoms with Crippen molar-refractivity contribution in [1.29, 1.82) is 0 Å². The van der Waals surface area contributed by atoms with E-state index in [0.29, 0.717) is 36.5 Å². The van der Waals surface area contributed by atoms with Crippen LogP contribution >= 0.6 is 0 Å². The van der Waals surface area contributed by atoms with E-state index in [1.54, 1.807) is 24.3 Å². The zero-order valence-corrected chi connectivity index (χ0v) is 20.2. The molecular weight excluding hydrogens is 461 g/mol. The summed E-state index contributed by atoms with van der Waals surface area (Å²) in [7, 11) is 0. The van der Waals surface area contributed by atoms with E-state index in [4.69, 9.17) is 9.47 Å². The van der Waals surface area contributed by atoms with Gasteiger partial charge in [0.05, 0.1) is 11.5 Å². The fourth-order valence-electron chi connectivity index (χ4n) is 7.63. The van der Waals surface area contributed by atoms with Gasteiger partial charge >= 0.3 is 5.97 Å². The fourth-order valence-corrected chi connectivity index (χ4v) is 7.63. The number of hydrogen-bond acceptors (Lipinski definition) is 6. The third-order valence-corrected chi connectivity index (χ3v) is 9.37. The Balaban J connectivity index is 1.30. The summed E-state index contributed by atoms with van der Waals surface area (Å²) in [5.74, 6) is 0.392. The summed E-state index contributed by atoms with van der Waals surface area (Å²) in [6.07, 6.45) is 4.03. The number of benzene rings is 2. The second-order valence-electron chi connectivity index (χ2n) is 11.2. The van der Waals surface area contributed by atoms with Gasteiger partial charge in [-0.2, -0.15) is 0 Å². The maximum Gasteiger partial charge on any atom is 0.306 e. The maximum atomic E-state index is 14.2. The van der Waals surface area contributed by atoms with Crippen LogP contribution in [0.25, 0.3) is 0 Å². The van der Waals surface area contributed by atoms with Gasteiger partial charge in [0.25, 0.3) is 0 Å². The molecule has 4 atom stereocenters. The molecule has 1 saturated heterocycles. The molecule has 2 aromatic carbocycles. The van der Waals surface area contributed by atoms with Gasteiger partial charge in [-0.15, -0.1) is 0 Å². The molecule has 7 rings (SSSR count). The van der Waals surface area contributed by atoms with E-state index in [0.717, 1.165) is 24.2 Å². The van der Waals surface area contributed by atoms with E-state index in [1.807, 2.05) is 6.07 Å². The Kier molecular flexibility index (Phi) is 4.82. The van der Waals surface area contributed by atoms with Crippen molar-refractivity contribution in [2.45, 2.75) is 74.5 Å². The third-order valence-electron chi connectivity index (χ3n) is 9.37. The van der Waals surface area contributed by atoms with Gasteiger partial charge in [-0.05, 0) is 74.2 Å². The smallest absolute Gasteiger partial charge is 0.306 e. The summed E-state index contributed by atoms with van der Waals surface area (Å²) in [6, 6.07) is 10.0. The first-order valence-corrected chi connectivity index (χ1v) is 13.2. The molecule has 1 N–H and O–H groups in total. The number of piperidine rings is 1. The second-order valence-corrected chi connectivity index (χ2v) is 11.2. The van der Waals surface area contributed by atoms with Crippen LogP contribution in [0.5, 0.6) is 11.5 Å². The molecule has 2 aliphatic heterocycles. The van der Waals surface area contributed by atoms with Crippen LogP contribution < -0.4 is 4.74 Å². The first kappa shape index (κ1) is 22.3. The lowest BCUT2D eigenvalue weighted by molar-refractivity contribution is -0.216. The number of nitrogens with zero attached hydrogens (tertiary/aromatic N) is 1. The minimum Gasteiger partial charge on any atom is -0.504 e. The van der Waals surface area contributed by atoms with E-state index in [2.05, 4.69) is 4.90 Å². The number of Topliss-reactive ketones (excluding diaryl/α,β-unsaturated/α-hetero) is 1. The number of carbonyl (C=O) groups excluding carboxylic acids is 2. The Labute approximate surface area is 209 Å². The van der Waals surface area contributed by atoms with E-state index < -0.39 is 17.1 Å². The lowest BCUT2D eigenvalue weighted by Gasteiger charge is -2.63. The lowest BCUT2D eigenvalue weighted by Crippen LogP contribution is -2.77. The van der Waals surface area contributed by atoms with Crippen molar-refractivity contribution in [3.8, 4) is 11.5 Å². The third kappa shape index (κ3) is 2.98. The number of phenolic OH excluding ortho intramolecular Hbond substituents is 1. The van der Waals surface area contributed by atoms with Crippen LogP contribution in [0.1, 0.15) is 55.2 Å². The Morgan fingerprint density at radius 1 is 1.19 bits per heavy atom. The summed E-state index contributed by atoms with van der Waals surface area (Å²) in [5.41, 5.74) is 0.704. The number of aryl methyl sites for hydroxylation is 1. The molecule has 0 radical (unpaired) electrons. The van der Waals surface area contributed by atoms with Crippen molar-refractivity contribution in [2.24, 2.45) is 5.92 Å². The summed E-state index contributed by atoms with van der Waals surface area (Å²) >= 11 is 0. The van der Waals surface area contributed by atoms with Crippen LogP contribution in [-0.2, 0) is 32.6 Å². The van der Waals surface area contributed by atoms with Crippen LogP contribution in [0, 0.1) is 11.7 Å². The van der Waals surface area contributed by atoms with Crippen LogP contribution in [-0.4, -0.2) is 52.6 Å². The van der Waals surface area contributed by atoms with Crippen molar-refractivity contribution >= 4 is 11.8 Å². The molecule has 7 heteroatoms. The second kappa shape index (κ2) is 7.78. The normalized spacial score (nSPS) is 32.1. The monoisotopic (exact) mass is 491 g/mol. The topological polar surface area (TPSA) is 76.1 Å². The summed E-state index contributed by atoms with van der Waals surface area (Å²) in [4.78, 5) is 29.2. The van der Waals surface area contributed by atoms with Gasteiger partial charge < -0.3 is 14.6 Å². The minimum atomic E-state index is -0.920. The molecule has 2 aromatic rings. The zero-order chi connectivity index (χ0) is 24.7. The van der Waals surface area contributed by atoms with Crippen molar-refractivity contribution in [2.75, 3.05) is 13.1 Å². The molecule has 5 aliphatic rings. The molecular formula is C29H30FNO5. The number of phenols is 1. The van der Waals surface area contributed by atoms with Crippen molar-refractivity contribution < 1.29 is 28.6 Å². The molecule has 2 saturated carbocycles. The molecule has 0 aromatic heterocycles. The fraction of sp³-hybridized carbons (Fsp3) is 0.517. The van der Waals surface area contributed by atoms with Gasteiger partial charge in [0.1, 0.15) is 11.4 Å². The molecule has 1 spiro atoms. The van der Waals surface area contributed by atoms with Crippen LogP contribution in [0.4, 0.5) is 4.39 Å². The number of esters is 1. The van der Waals surface area contributed by atoms with Crippen molar-refractivity contribution in [3.05, 3.63) is 58.9 Å². The predicted molar refractivity (Wildman–Crippen MR) is 128 cm³/mol. The van der Waals surface area contributed by atoms with E-state index in [-0.39, 0.29) is 48.6 Å². The number of aromatic hydroxyl groups is 1. The molecule has 0 amide bonds. The van der Waals surface area contributed by atoms with Crippen molar-refractivity contribution in [3.63, 3.8) is 0 Å². The van der Waals surface area contributed by atoms with E-state index in [9.17, 15) is 19.1 Å². The van der Waals surface area contributed by atoms with Gasteiger partial charge in [0, 0.05) is 24.9 Å². The number of halogens is 1. The molecule has 2 heterocycles. The summed E-state index contributed by atoms with van der Waals surface area (Å²) < 4.78 is 27.0. The minimum absolute atomic E-state index is 0.00544. The number of hydrogen-bond donors (Lipinski definition) is 1. The molecule has 6 nitrogen and oxygen atoms in total. The van der Waals surface area contributed by atoms with Gasteiger partial charge in [-0.1, -0.05) is 24.3 Å². The predicted octanol–water partition coefficient (Wildman–Crippen LogP) is 3.85. The number of ether oxygens (including phenoxy) is 2. The summed E-state index contributed by atoms with van der Waals surface area (Å²) in [6.45, 7) is 1.77. The Morgan fingerprint density at radius 2 is 2.03 bits per heavy atom. The molecule has 3 fully saturated rings. The average molecular weight is 492 g/mol. The maximum absolute atomic E-state index is 14.2. The van der Waals surface area contributed by atoms with Crippen molar-refractivity contribution in [1.82, 2.24) is 4.90 Å². The molecule has 2 bridgehead atoms. The SMILES string of the molecule is O=C(CCc1ccccc1F)O[C@@]12CCC(=O)[C@@H]3Oc4c(O)ccc5c4[C@@]31CCN(CC1CC1)C2C5. The highest BCUT2D eigenvalue weighted by Gasteiger charge is 2.75. The number of likely N-dealkylation sites (tertiary alicyclic amines) is 1. The quantitative estimate of drug-likeness (QED) is 0.619. The van der Waals surface area contributed by atoms with Crippen LogP contribution in [0.15, 0.2) is 36.4 Å². The molecule has 36 heavy (non-hydrogen) atoms. The Bertz CT molecular complexity index is 1270. The Hall–Kier alpha value is -2.93. The largest absolute Gasteiger partial charge is 0.504 e. The number of carbonyl (C=O) groups is 2. The number of ketones is 1. The van der Waals surface area contributed by atoms with Crippen LogP contribution in [0.3, 0.4) is 0 Å². The number of rotatable bonds is 6. The molecule has 3 aliphatic carbocycles. The lowest BCUT2D eigenvalue weighted by atomic mass is 9.48. The van der Waals surface area contributed by atoms with Crippen LogP contribution in [0.2, 0.25) is 0 Å². The first-order chi connectivity index (χ1) is 17.4. The average Bonchev–Trinajstić information content (AvgIpc) is 3.60. The van der Waals surface area contributed by atoms with Gasteiger partial charge in [0.2, 0.25) is 0 Å². The Morgan fingerprint density at radius 3 is 2.83 bits per heavy atom. The first-order valence-electron chi connectivity index (χ1n) is 13.2. The highest BCUT2D eigenvalue weighted by atomic mass is 19.1. The van der Waals surface area contributed by atoms with Gasteiger partial charge in [-0.3, -0.25) is 14.5 Å². The molecule has 188 valence electrons. The van der Waals surface area contributed by atoms with E-state index in [1.165, 1.54) is 18.9 Å². The highest BCUT2D eigenvalue weighted by molar-refractivity contribution is 5.90. The molecule has 1 unspecified atom stereocenters. The van der Waals surface area contributed by atoms with Gasteiger partial charge in [0.15, 0.2) is 23.4 Å². The van der Waals surface area contributed by atoms with E-state index >= 15 is 0 Å².